The Labute approximate surface area is 327 Å². The van der Waals surface area contributed by atoms with Gasteiger partial charge in [0.15, 0.2) is 6.10 Å². The van der Waals surface area contributed by atoms with E-state index in [1.54, 1.807) is 0 Å². The average molecular weight is 775 g/mol. The lowest BCUT2D eigenvalue weighted by molar-refractivity contribution is -0.161. The number of carbonyl (C=O) groups excluding carboxylic acids is 2. The van der Waals surface area contributed by atoms with E-state index in [9.17, 15) is 14.2 Å². The molecule has 8 nitrogen and oxygen atoms in total. The van der Waals surface area contributed by atoms with E-state index < -0.39 is 32.5 Å². The van der Waals surface area contributed by atoms with Crippen LogP contribution < -0.4 is 0 Å². The van der Waals surface area contributed by atoms with Crippen molar-refractivity contribution in [2.75, 3.05) is 13.2 Å². The SMILES string of the molecule is CCCCCCCCCCCCCCCCCCCC(=O)OC[C@H](COP(=O)(O)O)OC(=O)CCCCCCCCCCCCCCCCCC(C)C. The first-order valence-electron chi connectivity index (χ1n) is 22.7. The second kappa shape index (κ2) is 39.3. The van der Waals surface area contributed by atoms with Crippen molar-refractivity contribution in [1.82, 2.24) is 0 Å². The maximum absolute atomic E-state index is 12.4. The molecule has 0 aromatic rings. The van der Waals surface area contributed by atoms with Gasteiger partial charge >= 0.3 is 19.8 Å². The Morgan fingerprint density at radius 3 is 1.13 bits per heavy atom. The van der Waals surface area contributed by atoms with E-state index in [2.05, 4.69) is 25.3 Å². The van der Waals surface area contributed by atoms with Crippen LogP contribution in [0.15, 0.2) is 0 Å². The van der Waals surface area contributed by atoms with Gasteiger partial charge < -0.3 is 19.3 Å². The third-order valence-corrected chi connectivity index (χ3v) is 10.8. The topological polar surface area (TPSA) is 119 Å². The van der Waals surface area contributed by atoms with Crippen LogP contribution in [0.1, 0.15) is 245 Å². The predicted octanol–water partition coefficient (Wildman–Crippen LogP) is 13.9. The Morgan fingerprint density at radius 1 is 0.472 bits per heavy atom. The summed E-state index contributed by atoms with van der Waals surface area (Å²) in [5.74, 6) is -0.0294. The monoisotopic (exact) mass is 775 g/mol. The van der Waals surface area contributed by atoms with E-state index in [-0.39, 0.29) is 19.4 Å². The van der Waals surface area contributed by atoms with E-state index in [4.69, 9.17) is 19.3 Å². The zero-order valence-electron chi connectivity index (χ0n) is 35.1. The van der Waals surface area contributed by atoms with Crippen LogP contribution in [0.3, 0.4) is 0 Å². The molecule has 2 N–H and O–H groups in total. The first-order valence-corrected chi connectivity index (χ1v) is 24.2. The number of phosphoric ester groups is 1. The second-order valence-corrected chi connectivity index (χ2v) is 17.5. The van der Waals surface area contributed by atoms with Crippen molar-refractivity contribution in [1.29, 1.82) is 0 Å². The van der Waals surface area contributed by atoms with Crippen LogP contribution in [0.4, 0.5) is 0 Å². The van der Waals surface area contributed by atoms with Crippen molar-refractivity contribution in [2.45, 2.75) is 252 Å². The molecule has 0 aromatic heterocycles. The molecule has 0 spiro atoms. The third kappa shape index (κ3) is 43.6. The lowest BCUT2D eigenvalue weighted by atomic mass is 10.0. The van der Waals surface area contributed by atoms with Crippen LogP contribution >= 0.6 is 7.82 Å². The molecule has 0 bridgehead atoms. The van der Waals surface area contributed by atoms with Crippen molar-refractivity contribution < 1.29 is 37.9 Å². The Morgan fingerprint density at radius 2 is 0.792 bits per heavy atom. The number of esters is 2. The Balaban J connectivity index is 3.82. The van der Waals surface area contributed by atoms with Gasteiger partial charge in [-0.15, -0.1) is 0 Å². The molecule has 9 heteroatoms. The van der Waals surface area contributed by atoms with Gasteiger partial charge in [0, 0.05) is 12.8 Å². The summed E-state index contributed by atoms with van der Waals surface area (Å²) in [4.78, 5) is 42.9. The van der Waals surface area contributed by atoms with Crippen LogP contribution in [0.25, 0.3) is 0 Å². The molecule has 0 saturated heterocycles. The molecule has 53 heavy (non-hydrogen) atoms. The van der Waals surface area contributed by atoms with Crippen LogP contribution in [0.5, 0.6) is 0 Å². The van der Waals surface area contributed by atoms with Crippen molar-refractivity contribution >= 4 is 19.8 Å². The number of phosphoric acid groups is 1. The van der Waals surface area contributed by atoms with Crippen molar-refractivity contribution in [3.8, 4) is 0 Å². The van der Waals surface area contributed by atoms with E-state index in [1.165, 1.54) is 173 Å². The van der Waals surface area contributed by atoms with Crippen molar-refractivity contribution in [2.24, 2.45) is 5.92 Å². The van der Waals surface area contributed by atoms with E-state index >= 15 is 0 Å². The molecule has 0 fully saturated rings. The summed E-state index contributed by atoms with van der Waals surface area (Å²) >= 11 is 0. The number of unbranched alkanes of at least 4 members (excludes halogenated alkanes) is 30. The van der Waals surface area contributed by atoms with Gasteiger partial charge in [0.1, 0.15) is 6.61 Å². The van der Waals surface area contributed by atoms with E-state index in [0.717, 1.165) is 38.0 Å². The fraction of sp³-hybridized carbons (Fsp3) is 0.955. The molecule has 316 valence electrons. The highest BCUT2D eigenvalue weighted by Crippen LogP contribution is 2.36. The summed E-state index contributed by atoms with van der Waals surface area (Å²) in [6.45, 7) is 6.08. The Hall–Kier alpha value is -0.950. The largest absolute Gasteiger partial charge is 0.469 e. The minimum Gasteiger partial charge on any atom is -0.462 e. The predicted molar refractivity (Wildman–Crippen MR) is 221 cm³/mol. The highest BCUT2D eigenvalue weighted by atomic mass is 31.2. The summed E-state index contributed by atoms with van der Waals surface area (Å²) in [5, 5.41) is 0. The molecule has 0 heterocycles. The minimum absolute atomic E-state index is 0.220. The molecule has 1 atom stereocenters. The Kier molecular flexibility index (Phi) is 38.6. The fourth-order valence-electron chi connectivity index (χ4n) is 6.91. The lowest BCUT2D eigenvalue weighted by Crippen LogP contribution is -2.29. The minimum atomic E-state index is -4.75. The fourth-order valence-corrected chi connectivity index (χ4v) is 7.27. The summed E-state index contributed by atoms with van der Waals surface area (Å²) in [6.07, 6.45) is 41.1. The maximum Gasteiger partial charge on any atom is 0.469 e. The normalized spacial score (nSPS) is 12.4. The van der Waals surface area contributed by atoms with Crippen LogP contribution in [0, 0.1) is 5.92 Å². The molecule has 0 saturated carbocycles. The van der Waals surface area contributed by atoms with Gasteiger partial charge in [-0.3, -0.25) is 14.1 Å². The molecule has 0 radical (unpaired) electrons. The average Bonchev–Trinajstić information content (AvgIpc) is 3.11. The molecule has 0 rings (SSSR count). The van der Waals surface area contributed by atoms with Crippen LogP contribution in [0.2, 0.25) is 0 Å². The smallest absolute Gasteiger partial charge is 0.462 e. The first-order chi connectivity index (χ1) is 25.6. The van der Waals surface area contributed by atoms with Crippen molar-refractivity contribution in [3.63, 3.8) is 0 Å². The number of hydrogen-bond acceptors (Lipinski definition) is 6. The summed E-state index contributed by atoms with van der Waals surface area (Å²) in [5.41, 5.74) is 0. The molecule has 0 amide bonds. The quantitative estimate of drug-likeness (QED) is 0.0357. The highest BCUT2D eigenvalue weighted by Gasteiger charge is 2.23. The standard InChI is InChI=1S/C44H87O8P/c1-4-5-6-7-8-9-10-11-12-13-16-19-22-25-28-31-34-37-43(45)50-39-42(40-51-53(47,48)49)52-44(46)38-35-32-29-26-23-20-17-14-15-18-21-24-27-30-33-36-41(2)3/h41-42H,4-40H2,1-3H3,(H2,47,48,49)/t42-/m1/s1. The van der Waals surface area contributed by atoms with Crippen molar-refractivity contribution in [3.05, 3.63) is 0 Å². The first kappa shape index (κ1) is 52.0. The number of rotatable bonds is 42. The summed E-state index contributed by atoms with van der Waals surface area (Å²) < 4.78 is 26.5. The van der Waals surface area contributed by atoms with Crippen LogP contribution in [-0.2, 0) is 28.2 Å². The lowest BCUT2D eigenvalue weighted by Gasteiger charge is -2.18. The number of hydrogen-bond donors (Lipinski definition) is 2. The van der Waals surface area contributed by atoms with Gasteiger partial charge in [-0.1, -0.05) is 220 Å². The van der Waals surface area contributed by atoms with Gasteiger partial charge in [-0.25, -0.2) is 4.57 Å². The molecule has 0 unspecified atom stereocenters. The zero-order chi connectivity index (χ0) is 39.1. The van der Waals surface area contributed by atoms with Crippen LogP contribution in [-0.4, -0.2) is 41.0 Å². The molecular formula is C44H87O8P. The van der Waals surface area contributed by atoms with Gasteiger partial charge in [-0.05, 0) is 18.8 Å². The molecule has 0 aromatic carbocycles. The van der Waals surface area contributed by atoms with Gasteiger partial charge in [0.2, 0.25) is 0 Å². The molecular weight excluding hydrogens is 687 g/mol. The Bertz CT molecular complexity index is 845. The second-order valence-electron chi connectivity index (χ2n) is 16.2. The number of carbonyl (C=O) groups is 2. The van der Waals surface area contributed by atoms with Gasteiger partial charge in [0.25, 0.3) is 0 Å². The summed E-state index contributed by atoms with van der Waals surface area (Å²) in [7, 11) is -4.75. The molecule has 0 aliphatic heterocycles. The zero-order valence-corrected chi connectivity index (χ0v) is 36.0. The molecule has 0 aliphatic rings. The van der Waals surface area contributed by atoms with E-state index in [0.29, 0.717) is 6.42 Å². The van der Waals surface area contributed by atoms with Gasteiger partial charge in [-0.2, -0.15) is 0 Å². The summed E-state index contributed by atoms with van der Waals surface area (Å²) in [6, 6.07) is 0. The van der Waals surface area contributed by atoms with E-state index in [1.807, 2.05) is 0 Å². The maximum atomic E-state index is 12.4. The number of ether oxygens (including phenoxy) is 2. The highest BCUT2D eigenvalue weighted by molar-refractivity contribution is 7.46. The third-order valence-electron chi connectivity index (χ3n) is 10.3. The molecule has 0 aliphatic carbocycles. The van der Waals surface area contributed by atoms with Gasteiger partial charge in [0.05, 0.1) is 6.61 Å².